The van der Waals surface area contributed by atoms with E-state index >= 15 is 0 Å². The number of nitro groups is 1. The van der Waals surface area contributed by atoms with Crippen LogP contribution < -0.4 is 0 Å². The van der Waals surface area contributed by atoms with Crippen LogP contribution in [-0.4, -0.2) is 48.4 Å². The molecule has 29 heavy (non-hydrogen) atoms. The van der Waals surface area contributed by atoms with Gasteiger partial charge in [-0.2, -0.15) is 0 Å². The van der Waals surface area contributed by atoms with E-state index in [0.29, 0.717) is 5.56 Å². The van der Waals surface area contributed by atoms with E-state index in [1.54, 1.807) is 0 Å². The highest BCUT2D eigenvalue weighted by molar-refractivity contribution is 5.97. The summed E-state index contributed by atoms with van der Waals surface area (Å²) >= 11 is 0. The Morgan fingerprint density at radius 2 is 1.66 bits per heavy atom. The number of carbonyl (C=O) groups excluding carboxylic acids is 3. The highest BCUT2D eigenvalue weighted by Crippen LogP contribution is 2.19. The summed E-state index contributed by atoms with van der Waals surface area (Å²) in [5.41, 5.74) is -0.295. The van der Waals surface area contributed by atoms with Crippen LogP contribution in [-0.2, 0) is 20.8 Å². The van der Waals surface area contributed by atoms with Gasteiger partial charge in [0.15, 0.2) is 6.61 Å². The van der Waals surface area contributed by atoms with Crippen LogP contribution in [0, 0.1) is 15.9 Å². The van der Waals surface area contributed by atoms with Crippen molar-refractivity contribution in [1.29, 1.82) is 0 Å². The number of hydrogen-bond donors (Lipinski definition) is 0. The molecule has 0 fully saturated rings. The average molecular weight is 404 g/mol. The number of nitro benzene ring substituents is 1. The van der Waals surface area contributed by atoms with Crippen LogP contribution >= 0.6 is 0 Å². The van der Waals surface area contributed by atoms with Crippen molar-refractivity contribution in [2.45, 2.75) is 6.54 Å². The number of benzene rings is 2. The molecule has 2 aromatic rings. The quantitative estimate of drug-likeness (QED) is 0.395. The second kappa shape index (κ2) is 9.40. The van der Waals surface area contributed by atoms with Crippen molar-refractivity contribution in [2.75, 3.05) is 20.8 Å². The number of hydrogen-bond acceptors (Lipinski definition) is 7. The molecule has 0 saturated heterocycles. The van der Waals surface area contributed by atoms with Crippen molar-refractivity contribution in [3.05, 3.63) is 75.1 Å². The van der Waals surface area contributed by atoms with Crippen molar-refractivity contribution in [1.82, 2.24) is 4.90 Å². The molecule has 0 atom stereocenters. The maximum absolute atomic E-state index is 12.9. The van der Waals surface area contributed by atoms with Crippen molar-refractivity contribution >= 4 is 23.5 Å². The number of nitrogens with zero attached hydrogens (tertiary/aromatic N) is 2. The molecule has 1 amide bonds. The van der Waals surface area contributed by atoms with Crippen LogP contribution in [0.4, 0.5) is 10.1 Å². The Hall–Kier alpha value is -3.82. The number of methoxy groups -OCH3 is 1. The molecule has 9 nitrogen and oxygen atoms in total. The lowest BCUT2D eigenvalue weighted by atomic mass is 10.1. The van der Waals surface area contributed by atoms with Crippen LogP contribution in [0.1, 0.15) is 26.3 Å². The van der Waals surface area contributed by atoms with E-state index in [9.17, 15) is 28.9 Å². The Balaban J connectivity index is 2.04. The first-order chi connectivity index (χ1) is 13.7. The third-order valence-electron chi connectivity index (χ3n) is 3.87. The van der Waals surface area contributed by atoms with Crippen molar-refractivity contribution in [3.63, 3.8) is 0 Å². The van der Waals surface area contributed by atoms with Gasteiger partial charge in [0.1, 0.15) is 5.82 Å². The molecule has 0 heterocycles. The number of ether oxygens (including phenoxy) is 2. The topological polar surface area (TPSA) is 116 Å². The molecule has 0 aromatic heterocycles. The number of likely N-dealkylation sites (N-methyl/N-ethyl adjacent to an activating group) is 1. The lowest BCUT2D eigenvalue weighted by Gasteiger charge is -2.17. The zero-order valence-corrected chi connectivity index (χ0v) is 15.6. The first-order valence-corrected chi connectivity index (χ1v) is 8.24. The van der Waals surface area contributed by atoms with Gasteiger partial charge in [0.05, 0.1) is 23.2 Å². The number of esters is 2. The number of halogens is 1. The molecule has 10 heteroatoms. The van der Waals surface area contributed by atoms with E-state index in [0.717, 1.165) is 25.3 Å². The molecular weight excluding hydrogens is 387 g/mol. The lowest BCUT2D eigenvalue weighted by molar-refractivity contribution is -0.384. The smallest absolute Gasteiger partial charge is 0.338 e. The van der Waals surface area contributed by atoms with Gasteiger partial charge in [-0.25, -0.2) is 14.0 Å². The van der Waals surface area contributed by atoms with Crippen LogP contribution in [0.5, 0.6) is 0 Å². The summed E-state index contributed by atoms with van der Waals surface area (Å²) in [6, 6.07) is 8.52. The highest BCUT2D eigenvalue weighted by Gasteiger charge is 2.20. The van der Waals surface area contributed by atoms with Gasteiger partial charge in [-0.05, 0) is 23.8 Å². The second-order valence-corrected chi connectivity index (χ2v) is 5.97. The first kappa shape index (κ1) is 21.5. The van der Waals surface area contributed by atoms with E-state index in [1.807, 2.05) is 0 Å². The number of non-ortho nitro benzene ring substituents is 1. The molecule has 0 spiro atoms. The second-order valence-electron chi connectivity index (χ2n) is 5.97. The van der Waals surface area contributed by atoms with Gasteiger partial charge >= 0.3 is 11.9 Å². The fourth-order valence-electron chi connectivity index (χ4n) is 2.34. The molecule has 2 rings (SSSR count). The van der Waals surface area contributed by atoms with E-state index < -0.39 is 40.9 Å². The Labute approximate surface area is 164 Å². The predicted octanol–water partition coefficient (Wildman–Crippen LogP) is 2.34. The molecule has 0 aliphatic heterocycles. The van der Waals surface area contributed by atoms with E-state index in [2.05, 4.69) is 4.74 Å². The molecule has 0 aliphatic carbocycles. The van der Waals surface area contributed by atoms with Crippen molar-refractivity contribution < 1.29 is 33.2 Å². The maximum atomic E-state index is 12.9. The molecular formula is C19H17FN2O7. The summed E-state index contributed by atoms with van der Waals surface area (Å²) in [4.78, 5) is 47.5. The van der Waals surface area contributed by atoms with Crippen molar-refractivity contribution in [2.24, 2.45) is 0 Å². The molecule has 152 valence electrons. The highest BCUT2D eigenvalue weighted by atomic mass is 19.1. The number of carbonyl (C=O) groups is 3. The number of amides is 1. The third kappa shape index (κ3) is 5.83. The molecule has 0 unspecified atom stereocenters. The van der Waals surface area contributed by atoms with Crippen molar-refractivity contribution in [3.8, 4) is 0 Å². The first-order valence-electron chi connectivity index (χ1n) is 8.24. The zero-order valence-electron chi connectivity index (χ0n) is 15.6. The van der Waals surface area contributed by atoms with Gasteiger partial charge in [-0.15, -0.1) is 0 Å². The fourth-order valence-corrected chi connectivity index (χ4v) is 2.34. The normalized spacial score (nSPS) is 10.2. The van der Waals surface area contributed by atoms with Crippen LogP contribution in [0.15, 0.2) is 42.5 Å². The summed E-state index contributed by atoms with van der Waals surface area (Å²) in [7, 11) is 2.57. The monoisotopic (exact) mass is 404 g/mol. The van der Waals surface area contributed by atoms with Gasteiger partial charge in [-0.1, -0.05) is 12.1 Å². The van der Waals surface area contributed by atoms with Crippen LogP contribution in [0.25, 0.3) is 0 Å². The summed E-state index contributed by atoms with van der Waals surface area (Å²) in [5, 5.41) is 11.0. The molecule has 2 aromatic carbocycles. The minimum Gasteiger partial charge on any atom is -0.465 e. The molecule has 0 aliphatic rings. The Morgan fingerprint density at radius 3 is 2.21 bits per heavy atom. The minimum atomic E-state index is -1.01. The number of rotatable bonds is 7. The van der Waals surface area contributed by atoms with E-state index in [-0.39, 0.29) is 17.7 Å². The van der Waals surface area contributed by atoms with Gasteiger partial charge in [0, 0.05) is 25.7 Å². The summed E-state index contributed by atoms with van der Waals surface area (Å²) in [5.74, 6) is -2.82. The standard InChI is InChI=1S/C19H17FN2O7/c1-21(10-12-3-5-15(20)6-4-12)17(23)11-29-19(25)14-7-13(18(24)28-2)8-16(9-14)22(26)27/h3-9H,10-11H2,1-2H3. The Kier molecular flexibility index (Phi) is 6.96. The summed E-state index contributed by atoms with van der Waals surface area (Å²) in [6.07, 6.45) is 0. The SMILES string of the molecule is COC(=O)c1cc(C(=O)OCC(=O)N(C)Cc2ccc(F)cc2)cc([N+](=O)[O-])c1. The van der Waals surface area contributed by atoms with E-state index in [4.69, 9.17) is 4.74 Å². The van der Waals surface area contributed by atoms with Gasteiger partial charge in [0.2, 0.25) is 0 Å². The van der Waals surface area contributed by atoms with Crippen LogP contribution in [0.2, 0.25) is 0 Å². The lowest BCUT2D eigenvalue weighted by Crippen LogP contribution is -2.30. The van der Waals surface area contributed by atoms with Gasteiger partial charge in [-0.3, -0.25) is 14.9 Å². The summed E-state index contributed by atoms with van der Waals surface area (Å²) < 4.78 is 22.3. The molecule has 0 radical (unpaired) electrons. The third-order valence-corrected chi connectivity index (χ3v) is 3.87. The largest absolute Gasteiger partial charge is 0.465 e. The Bertz CT molecular complexity index is 944. The minimum absolute atomic E-state index is 0.167. The maximum Gasteiger partial charge on any atom is 0.338 e. The Morgan fingerprint density at radius 1 is 1.07 bits per heavy atom. The molecule has 0 bridgehead atoms. The molecule has 0 saturated carbocycles. The average Bonchev–Trinajstić information content (AvgIpc) is 2.72. The van der Waals surface area contributed by atoms with Gasteiger partial charge < -0.3 is 14.4 Å². The van der Waals surface area contributed by atoms with E-state index in [1.165, 1.54) is 36.2 Å². The van der Waals surface area contributed by atoms with Crippen LogP contribution in [0.3, 0.4) is 0 Å². The molecule has 0 N–H and O–H groups in total. The summed E-state index contributed by atoms with van der Waals surface area (Å²) in [6.45, 7) is -0.452. The predicted molar refractivity (Wildman–Crippen MR) is 97.6 cm³/mol. The zero-order chi connectivity index (χ0) is 21.6. The van der Waals surface area contributed by atoms with Gasteiger partial charge in [0.25, 0.3) is 11.6 Å². The fraction of sp³-hybridized carbons (Fsp3) is 0.211.